The second-order valence-corrected chi connectivity index (χ2v) is 5.62. The van der Waals surface area contributed by atoms with Crippen LogP contribution in [0.25, 0.3) is 10.9 Å². The van der Waals surface area contributed by atoms with Crippen molar-refractivity contribution in [2.75, 3.05) is 5.32 Å². The van der Waals surface area contributed by atoms with Gasteiger partial charge in [0.25, 0.3) is 0 Å². The molecule has 106 valence electrons. The summed E-state index contributed by atoms with van der Waals surface area (Å²) in [6.07, 6.45) is 2.11. The van der Waals surface area contributed by atoms with Crippen LogP contribution in [0.15, 0.2) is 54.6 Å². The standard InChI is InChI=1S/C19H15N3/c20-12-15-11-14-6-2-4-8-17(14)21-19(15)22-18-10-9-13-5-1-3-7-16(13)18/h1-8,11,18H,9-10H2,(H,21,22). The molecule has 3 nitrogen and oxygen atoms in total. The highest BCUT2D eigenvalue weighted by Gasteiger charge is 2.23. The van der Waals surface area contributed by atoms with Crippen molar-refractivity contribution in [3.05, 3.63) is 71.3 Å². The lowest BCUT2D eigenvalue weighted by Crippen LogP contribution is -2.10. The molecule has 1 heterocycles. The number of nitrogens with zero attached hydrogens (tertiary/aromatic N) is 2. The molecule has 0 spiro atoms. The number of fused-ring (bicyclic) bond motifs is 2. The number of para-hydroxylation sites is 1. The van der Waals surface area contributed by atoms with Gasteiger partial charge in [-0.1, -0.05) is 42.5 Å². The SMILES string of the molecule is N#Cc1cc2ccccc2nc1NC1CCc2ccccc21. The third kappa shape index (κ3) is 2.10. The zero-order valence-electron chi connectivity index (χ0n) is 12.1. The average molecular weight is 285 g/mol. The van der Waals surface area contributed by atoms with Crippen LogP contribution in [-0.4, -0.2) is 4.98 Å². The molecular weight excluding hydrogens is 270 g/mol. The lowest BCUT2D eigenvalue weighted by atomic mass is 10.1. The van der Waals surface area contributed by atoms with Gasteiger partial charge >= 0.3 is 0 Å². The van der Waals surface area contributed by atoms with Gasteiger partial charge in [-0.05, 0) is 36.1 Å². The molecule has 1 N–H and O–H groups in total. The summed E-state index contributed by atoms with van der Waals surface area (Å²) in [6.45, 7) is 0. The highest BCUT2D eigenvalue weighted by atomic mass is 15.0. The van der Waals surface area contributed by atoms with E-state index in [-0.39, 0.29) is 6.04 Å². The number of hydrogen-bond acceptors (Lipinski definition) is 3. The Hall–Kier alpha value is -2.86. The first-order valence-corrected chi connectivity index (χ1v) is 7.49. The van der Waals surface area contributed by atoms with Crippen LogP contribution in [0.1, 0.15) is 29.2 Å². The van der Waals surface area contributed by atoms with E-state index in [4.69, 9.17) is 0 Å². The summed E-state index contributed by atoms with van der Waals surface area (Å²) in [5.74, 6) is 0.683. The number of aromatic nitrogens is 1. The maximum atomic E-state index is 9.42. The van der Waals surface area contributed by atoms with E-state index in [1.165, 1.54) is 11.1 Å². The van der Waals surface area contributed by atoms with E-state index in [1.807, 2.05) is 30.3 Å². The number of aryl methyl sites for hydroxylation is 1. The van der Waals surface area contributed by atoms with Crippen LogP contribution in [0.4, 0.5) is 5.82 Å². The third-order valence-electron chi connectivity index (χ3n) is 4.29. The Balaban J connectivity index is 1.74. The smallest absolute Gasteiger partial charge is 0.145 e. The zero-order valence-corrected chi connectivity index (χ0v) is 12.1. The Morgan fingerprint density at radius 3 is 2.82 bits per heavy atom. The van der Waals surface area contributed by atoms with Gasteiger partial charge in [-0.3, -0.25) is 0 Å². The molecule has 0 saturated carbocycles. The Morgan fingerprint density at radius 2 is 1.91 bits per heavy atom. The van der Waals surface area contributed by atoms with E-state index in [1.54, 1.807) is 0 Å². The average Bonchev–Trinajstić information content (AvgIpc) is 2.97. The second kappa shape index (κ2) is 5.16. The molecule has 1 aromatic heterocycles. The van der Waals surface area contributed by atoms with Crippen molar-refractivity contribution in [1.82, 2.24) is 4.98 Å². The van der Waals surface area contributed by atoms with Gasteiger partial charge in [0.2, 0.25) is 0 Å². The molecule has 3 heteroatoms. The summed E-state index contributed by atoms with van der Waals surface area (Å²) >= 11 is 0. The van der Waals surface area contributed by atoms with Gasteiger partial charge in [0.15, 0.2) is 0 Å². The summed E-state index contributed by atoms with van der Waals surface area (Å²) < 4.78 is 0. The topological polar surface area (TPSA) is 48.7 Å². The Kier molecular flexibility index (Phi) is 3.01. The maximum Gasteiger partial charge on any atom is 0.145 e. The number of rotatable bonds is 2. The van der Waals surface area contributed by atoms with Crippen molar-refractivity contribution < 1.29 is 0 Å². The van der Waals surface area contributed by atoms with E-state index in [2.05, 4.69) is 40.6 Å². The maximum absolute atomic E-state index is 9.42. The summed E-state index contributed by atoms with van der Waals surface area (Å²) in [6, 6.07) is 20.8. The lowest BCUT2D eigenvalue weighted by molar-refractivity contribution is 0.757. The van der Waals surface area contributed by atoms with Crippen LogP contribution in [-0.2, 0) is 6.42 Å². The van der Waals surface area contributed by atoms with Crippen molar-refractivity contribution in [2.24, 2.45) is 0 Å². The van der Waals surface area contributed by atoms with Crippen LogP contribution in [0, 0.1) is 11.3 Å². The molecule has 1 unspecified atom stereocenters. The molecule has 1 aliphatic rings. The number of anilines is 1. The Morgan fingerprint density at radius 1 is 1.09 bits per heavy atom. The van der Waals surface area contributed by atoms with Gasteiger partial charge in [0, 0.05) is 5.39 Å². The first-order chi connectivity index (χ1) is 10.8. The molecule has 0 amide bonds. The van der Waals surface area contributed by atoms with Crippen LogP contribution in [0.3, 0.4) is 0 Å². The van der Waals surface area contributed by atoms with E-state index in [9.17, 15) is 5.26 Å². The van der Waals surface area contributed by atoms with Gasteiger partial charge in [0.1, 0.15) is 11.9 Å². The Labute approximate surface area is 129 Å². The van der Waals surface area contributed by atoms with E-state index in [0.29, 0.717) is 11.4 Å². The lowest BCUT2D eigenvalue weighted by Gasteiger charge is -2.16. The van der Waals surface area contributed by atoms with Crippen LogP contribution < -0.4 is 5.32 Å². The molecule has 1 atom stereocenters. The number of hydrogen-bond donors (Lipinski definition) is 1. The van der Waals surface area contributed by atoms with Gasteiger partial charge in [-0.2, -0.15) is 5.26 Å². The van der Waals surface area contributed by atoms with Crippen molar-refractivity contribution >= 4 is 16.7 Å². The molecule has 3 aromatic rings. The molecule has 0 aliphatic heterocycles. The first kappa shape index (κ1) is 12.8. The fraction of sp³-hybridized carbons (Fsp3) is 0.158. The summed E-state index contributed by atoms with van der Waals surface area (Å²) in [5.41, 5.74) is 4.22. The molecular formula is C19H15N3. The minimum atomic E-state index is 0.233. The van der Waals surface area contributed by atoms with Gasteiger partial charge in [-0.25, -0.2) is 4.98 Å². The predicted octanol–water partition coefficient (Wildman–Crippen LogP) is 4.21. The van der Waals surface area contributed by atoms with Gasteiger partial charge in [-0.15, -0.1) is 0 Å². The number of pyridine rings is 1. The van der Waals surface area contributed by atoms with E-state index in [0.717, 1.165) is 23.7 Å². The molecule has 0 radical (unpaired) electrons. The molecule has 0 bridgehead atoms. The Bertz CT molecular complexity index is 893. The van der Waals surface area contributed by atoms with Crippen molar-refractivity contribution in [3.8, 4) is 6.07 Å². The molecule has 1 aliphatic carbocycles. The predicted molar refractivity (Wildman–Crippen MR) is 87.6 cm³/mol. The first-order valence-electron chi connectivity index (χ1n) is 7.49. The van der Waals surface area contributed by atoms with Gasteiger partial charge < -0.3 is 5.32 Å². The summed E-state index contributed by atoms with van der Waals surface area (Å²) in [4.78, 5) is 4.65. The summed E-state index contributed by atoms with van der Waals surface area (Å²) in [7, 11) is 0. The van der Waals surface area contributed by atoms with Crippen LogP contribution in [0.5, 0.6) is 0 Å². The van der Waals surface area contributed by atoms with Gasteiger partial charge in [0.05, 0.1) is 17.1 Å². The van der Waals surface area contributed by atoms with Crippen LogP contribution >= 0.6 is 0 Å². The fourth-order valence-electron chi connectivity index (χ4n) is 3.18. The third-order valence-corrected chi connectivity index (χ3v) is 4.29. The number of benzene rings is 2. The molecule has 2 aromatic carbocycles. The zero-order chi connectivity index (χ0) is 14.9. The highest BCUT2D eigenvalue weighted by Crippen LogP contribution is 2.34. The molecule has 0 saturated heterocycles. The molecule has 0 fully saturated rings. The number of nitriles is 1. The minimum absolute atomic E-state index is 0.233. The normalized spacial score (nSPS) is 16.2. The van der Waals surface area contributed by atoms with E-state index < -0.39 is 0 Å². The fourth-order valence-corrected chi connectivity index (χ4v) is 3.18. The monoisotopic (exact) mass is 285 g/mol. The quantitative estimate of drug-likeness (QED) is 0.767. The van der Waals surface area contributed by atoms with Crippen molar-refractivity contribution in [3.63, 3.8) is 0 Å². The molecule has 4 rings (SSSR count). The van der Waals surface area contributed by atoms with Crippen LogP contribution in [0.2, 0.25) is 0 Å². The minimum Gasteiger partial charge on any atom is -0.362 e. The highest BCUT2D eigenvalue weighted by molar-refractivity contribution is 5.82. The second-order valence-electron chi connectivity index (χ2n) is 5.62. The van der Waals surface area contributed by atoms with Crippen molar-refractivity contribution in [2.45, 2.75) is 18.9 Å². The number of nitrogens with one attached hydrogen (secondary N) is 1. The largest absolute Gasteiger partial charge is 0.362 e. The molecule has 22 heavy (non-hydrogen) atoms. The van der Waals surface area contributed by atoms with E-state index >= 15 is 0 Å². The van der Waals surface area contributed by atoms with Crippen molar-refractivity contribution in [1.29, 1.82) is 5.26 Å². The summed E-state index contributed by atoms with van der Waals surface area (Å²) in [5, 5.41) is 13.9.